The van der Waals surface area contributed by atoms with E-state index in [9.17, 15) is 13.6 Å². The Balaban J connectivity index is 1.38. The Morgan fingerprint density at radius 2 is 1.97 bits per heavy atom. The van der Waals surface area contributed by atoms with Gasteiger partial charge in [0, 0.05) is 18.0 Å². The molecule has 12 heteroatoms. The number of amides is 1. The number of hydrogen-bond acceptors (Lipinski definition) is 8. The van der Waals surface area contributed by atoms with E-state index in [1.165, 1.54) is 54.5 Å². The summed E-state index contributed by atoms with van der Waals surface area (Å²) in [5.41, 5.74) is 0.677. The van der Waals surface area contributed by atoms with Crippen molar-refractivity contribution in [2.75, 3.05) is 11.1 Å². The third-order valence-electron chi connectivity index (χ3n) is 5.34. The lowest BCUT2D eigenvalue weighted by molar-refractivity contribution is -0.113. The molecule has 34 heavy (non-hydrogen) atoms. The van der Waals surface area contributed by atoms with Gasteiger partial charge in [0.1, 0.15) is 10.8 Å². The van der Waals surface area contributed by atoms with Gasteiger partial charge in [0.05, 0.1) is 5.75 Å². The van der Waals surface area contributed by atoms with E-state index in [0.29, 0.717) is 34.1 Å². The summed E-state index contributed by atoms with van der Waals surface area (Å²) in [6, 6.07) is 6.14. The van der Waals surface area contributed by atoms with Gasteiger partial charge in [-0.25, -0.2) is 0 Å². The number of anilines is 1. The van der Waals surface area contributed by atoms with Crippen LogP contribution in [-0.2, 0) is 11.3 Å². The molecule has 8 nitrogen and oxygen atoms in total. The third kappa shape index (κ3) is 6.17. The number of halogens is 2. The molecular weight excluding hydrogens is 482 g/mol. The molecule has 0 spiro atoms. The summed E-state index contributed by atoms with van der Waals surface area (Å²) >= 11 is 2.68. The molecule has 0 unspecified atom stereocenters. The first-order chi connectivity index (χ1) is 16.5. The van der Waals surface area contributed by atoms with E-state index in [1.807, 2.05) is 0 Å². The van der Waals surface area contributed by atoms with Gasteiger partial charge in [0.15, 0.2) is 11.0 Å². The van der Waals surface area contributed by atoms with Crippen molar-refractivity contribution < 1.29 is 18.3 Å². The molecule has 1 saturated carbocycles. The lowest BCUT2D eigenvalue weighted by Gasteiger charge is -2.18. The largest absolute Gasteiger partial charge is 0.435 e. The molecule has 1 aliphatic rings. The van der Waals surface area contributed by atoms with Crippen LogP contribution >= 0.6 is 23.1 Å². The summed E-state index contributed by atoms with van der Waals surface area (Å²) in [5.74, 6) is 0.947. The number of alkyl halides is 2. The Labute approximate surface area is 203 Å². The molecular formula is C22H24F2N6O2S2. The number of benzene rings is 1. The van der Waals surface area contributed by atoms with Crippen LogP contribution in [0.5, 0.6) is 5.75 Å². The summed E-state index contributed by atoms with van der Waals surface area (Å²) in [4.78, 5) is 12.5. The molecule has 0 saturated heterocycles. The molecule has 2 aromatic heterocycles. The van der Waals surface area contributed by atoms with Crippen LogP contribution < -0.4 is 10.1 Å². The minimum absolute atomic E-state index is 0.0585. The van der Waals surface area contributed by atoms with Gasteiger partial charge in [0.2, 0.25) is 11.0 Å². The zero-order valence-corrected chi connectivity index (χ0v) is 20.0. The predicted octanol–water partition coefficient (Wildman–Crippen LogP) is 5.36. The summed E-state index contributed by atoms with van der Waals surface area (Å²) in [7, 11) is 0. The van der Waals surface area contributed by atoms with Gasteiger partial charge in [-0.15, -0.1) is 27.0 Å². The molecule has 0 radical (unpaired) electrons. The summed E-state index contributed by atoms with van der Waals surface area (Å²) in [6.07, 6.45) is 7.64. The van der Waals surface area contributed by atoms with Gasteiger partial charge in [-0.1, -0.05) is 48.4 Å². The van der Waals surface area contributed by atoms with Crippen molar-refractivity contribution in [3.05, 3.63) is 41.9 Å². The number of rotatable bonds is 10. The van der Waals surface area contributed by atoms with E-state index < -0.39 is 6.61 Å². The van der Waals surface area contributed by atoms with Crippen molar-refractivity contribution in [3.8, 4) is 17.1 Å². The van der Waals surface area contributed by atoms with Crippen molar-refractivity contribution in [3.63, 3.8) is 0 Å². The number of nitrogens with zero attached hydrogens (tertiary/aromatic N) is 5. The van der Waals surface area contributed by atoms with Crippen LogP contribution in [0.25, 0.3) is 11.4 Å². The highest BCUT2D eigenvalue weighted by molar-refractivity contribution is 7.99. The van der Waals surface area contributed by atoms with E-state index in [1.54, 1.807) is 22.8 Å². The van der Waals surface area contributed by atoms with Gasteiger partial charge < -0.3 is 4.74 Å². The third-order valence-corrected chi connectivity index (χ3v) is 7.31. The maximum atomic E-state index is 12.5. The summed E-state index contributed by atoms with van der Waals surface area (Å²) < 4.78 is 31.0. The zero-order valence-electron chi connectivity index (χ0n) is 18.3. The number of ether oxygens (including phenoxy) is 1. The van der Waals surface area contributed by atoms with E-state index in [0.717, 1.165) is 17.8 Å². The maximum absolute atomic E-state index is 12.5. The van der Waals surface area contributed by atoms with Gasteiger partial charge in [-0.2, -0.15) is 8.78 Å². The number of allylic oxidation sites excluding steroid dienone is 1. The van der Waals surface area contributed by atoms with Crippen LogP contribution in [0, 0.1) is 0 Å². The van der Waals surface area contributed by atoms with Gasteiger partial charge in [-0.05, 0) is 37.1 Å². The van der Waals surface area contributed by atoms with Crippen molar-refractivity contribution >= 4 is 34.1 Å². The SMILES string of the molecule is C=CCn1c(SCC(=O)Nc2nnc(C3CCCCC3)s2)nnc1-c1ccc(OC(F)F)cc1. The smallest absolute Gasteiger partial charge is 0.387 e. The van der Waals surface area contributed by atoms with E-state index in [2.05, 4.69) is 37.0 Å². The van der Waals surface area contributed by atoms with Gasteiger partial charge in [-0.3, -0.25) is 14.7 Å². The Bertz CT molecular complexity index is 1110. The molecule has 4 rings (SSSR count). The molecule has 1 fully saturated rings. The molecule has 1 amide bonds. The maximum Gasteiger partial charge on any atom is 0.387 e. The number of nitrogens with one attached hydrogen (secondary N) is 1. The highest BCUT2D eigenvalue weighted by Gasteiger charge is 2.21. The lowest BCUT2D eigenvalue weighted by Crippen LogP contribution is -2.14. The number of hydrogen-bond donors (Lipinski definition) is 1. The molecule has 0 atom stereocenters. The number of carbonyl (C=O) groups is 1. The second-order valence-corrected chi connectivity index (χ2v) is 9.68. The van der Waals surface area contributed by atoms with Gasteiger partial charge >= 0.3 is 6.61 Å². The molecule has 2 heterocycles. The molecule has 1 aromatic carbocycles. The second kappa shape index (κ2) is 11.5. The molecule has 180 valence electrons. The molecule has 0 aliphatic heterocycles. The summed E-state index contributed by atoms with van der Waals surface area (Å²) in [6.45, 7) is 1.30. The fourth-order valence-electron chi connectivity index (χ4n) is 3.77. The van der Waals surface area contributed by atoms with Crippen molar-refractivity contribution in [1.82, 2.24) is 25.0 Å². The number of carbonyl (C=O) groups excluding carboxylic acids is 1. The fourth-order valence-corrected chi connectivity index (χ4v) is 5.45. The highest BCUT2D eigenvalue weighted by atomic mass is 32.2. The standard InChI is InChI=1S/C22H24F2N6O2S2/c1-2-12-30-18(14-8-10-16(11-9-14)32-20(23)24)26-29-22(30)33-13-17(31)25-21-28-27-19(34-21)15-6-4-3-5-7-15/h2,8-11,15,20H,1,3-7,12-13H2,(H,25,28,31). The minimum Gasteiger partial charge on any atom is -0.435 e. The van der Waals surface area contributed by atoms with Crippen LogP contribution in [0.15, 0.2) is 42.1 Å². The van der Waals surface area contributed by atoms with Crippen molar-refractivity contribution in [2.24, 2.45) is 0 Å². The molecule has 3 aromatic rings. The Morgan fingerprint density at radius 1 is 1.21 bits per heavy atom. The van der Waals surface area contributed by atoms with E-state index in [4.69, 9.17) is 0 Å². The Morgan fingerprint density at radius 3 is 2.68 bits per heavy atom. The van der Waals surface area contributed by atoms with Crippen molar-refractivity contribution in [2.45, 2.75) is 56.3 Å². The average molecular weight is 507 g/mol. The van der Waals surface area contributed by atoms with Gasteiger partial charge in [0.25, 0.3) is 0 Å². The molecule has 0 bridgehead atoms. The summed E-state index contributed by atoms with van der Waals surface area (Å²) in [5, 5.41) is 21.7. The number of thioether (sulfide) groups is 1. The highest BCUT2D eigenvalue weighted by Crippen LogP contribution is 2.35. The first-order valence-corrected chi connectivity index (χ1v) is 12.7. The number of aromatic nitrogens is 5. The van der Waals surface area contributed by atoms with Crippen LogP contribution in [0.2, 0.25) is 0 Å². The van der Waals surface area contributed by atoms with Crippen LogP contribution in [0.3, 0.4) is 0 Å². The predicted molar refractivity (Wildman–Crippen MR) is 127 cm³/mol. The topological polar surface area (TPSA) is 94.8 Å². The second-order valence-electron chi connectivity index (χ2n) is 7.73. The van der Waals surface area contributed by atoms with E-state index in [-0.39, 0.29) is 17.4 Å². The monoisotopic (exact) mass is 506 g/mol. The average Bonchev–Trinajstić information content (AvgIpc) is 3.46. The van der Waals surface area contributed by atoms with E-state index >= 15 is 0 Å². The lowest BCUT2D eigenvalue weighted by atomic mass is 9.90. The van der Waals surface area contributed by atoms with Crippen LogP contribution in [-0.4, -0.2) is 43.2 Å². The van der Waals surface area contributed by atoms with Crippen molar-refractivity contribution in [1.29, 1.82) is 0 Å². The first-order valence-electron chi connectivity index (χ1n) is 10.9. The molecule has 1 N–H and O–H groups in total. The van der Waals surface area contributed by atoms with Crippen LogP contribution in [0.1, 0.15) is 43.0 Å². The minimum atomic E-state index is -2.89. The Kier molecular flexibility index (Phi) is 8.22. The fraction of sp³-hybridized carbons (Fsp3) is 0.409. The first kappa shape index (κ1) is 24.3. The zero-order chi connectivity index (χ0) is 23.9. The molecule has 1 aliphatic carbocycles. The quantitative estimate of drug-likeness (QED) is 0.292. The van der Waals surface area contributed by atoms with Crippen LogP contribution in [0.4, 0.5) is 13.9 Å². The Hall–Kier alpha value is -2.86. The normalized spacial score (nSPS) is 14.3.